The Kier molecular flexibility index (Phi) is 3.25. The second-order valence-corrected chi connectivity index (χ2v) is 4.88. The maximum Gasteiger partial charge on any atom is 0.149 e. The Hall–Kier alpha value is -2.55. The molecule has 0 spiro atoms. The second-order valence-electron chi connectivity index (χ2n) is 4.88. The molecule has 2 aromatic carbocycles. The van der Waals surface area contributed by atoms with E-state index in [4.69, 9.17) is 5.73 Å². The highest BCUT2D eigenvalue weighted by atomic mass is 15.0. The average Bonchev–Trinajstić information content (AvgIpc) is 2.49. The lowest BCUT2D eigenvalue weighted by atomic mass is 10.0. The fraction of sp³-hybridized carbons (Fsp3) is 0.118. The standard InChI is InChI=1S/C17H17N3/c1-12-9-10-19-17(16(12)18)20-11-14-7-4-6-13-5-2-3-8-15(13)14/h2-10H,11,18H2,1H3,(H,19,20). The first-order valence-corrected chi connectivity index (χ1v) is 6.67. The van der Waals surface area contributed by atoms with Crippen molar-refractivity contribution in [3.63, 3.8) is 0 Å². The quantitative estimate of drug-likeness (QED) is 0.757. The topological polar surface area (TPSA) is 50.9 Å². The molecule has 3 N–H and O–H groups in total. The molecule has 3 aromatic rings. The number of nitrogens with one attached hydrogen (secondary N) is 1. The number of hydrogen-bond acceptors (Lipinski definition) is 3. The molecule has 3 rings (SSSR count). The number of fused-ring (bicyclic) bond motifs is 1. The number of nitrogen functional groups attached to an aromatic ring is 1. The molecule has 100 valence electrons. The number of aryl methyl sites for hydroxylation is 1. The SMILES string of the molecule is Cc1ccnc(NCc2cccc3ccccc23)c1N. The summed E-state index contributed by atoms with van der Waals surface area (Å²) in [7, 11) is 0. The molecule has 0 aliphatic rings. The molecular weight excluding hydrogens is 246 g/mol. The van der Waals surface area contributed by atoms with Crippen molar-refractivity contribution in [1.82, 2.24) is 4.98 Å². The minimum Gasteiger partial charge on any atom is -0.396 e. The highest BCUT2D eigenvalue weighted by Crippen LogP contribution is 2.22. The summed E-state index contributed by atoms with van der Waals surface area (Å²) in [6, 6.07) is 16.6. The Morgan fingerprint density at radius 3 is 2.75 bits per heavy atom. The lowest BCUT2D eigenvalue weighted by molar-refractivity contribution is 1.12. The van der Waals surface area contributed by atoms with E-state index in [0.717, 1.165) is 11.4 Å². The molecule has 0 saturated heterocycles. The van der Waals surface area contributed by atoms with Crippen molar-refractivity contribution < 1.29 is 0 Å². The van der Waals surface area contributed by atoms with Crippen molar-refractivity contribution in [1.29, 1.82) is 0 Å². The van der Waals surface area contributed by atoms with Gasteiger partial charge in [0.1, 0.15) is 5.82 Å². The van der Waals surface area contributed by atoms with Gasteiger partial charge in [0, 0.05) is 12.7 Å². The lowest BCUT2D eigenvalue weighted by Gasteiger charge is -2.11. The smallest absolute Gasteiger partial charge is 0.149 e. The predicted molar refractivity (Wildman–Crippen MR) is 84.7 cm³/mol. The number of hydrogen-bond donors (Lipinski definition) is 2. The third-order valence-electron chi connectivity index (χ3n) is 3.53. The van der Waals surface area contributed by atoms with Crippen molar-refractivity contribution in [2.45, 2.75) is 13.5 Å². The molecule has 3 nitrogen and oxygen atoms in total. The van der Waals surface area contributed by atoms with Gasteiger partial charge < -0.3 is 11.1 Å². The van der Waals surface area contributed by atoms with Gasteiger partial charge in [0.15, 0.2) is 0 Å². The van der Waals surface area contributed by atoms with Crippen LogP contribution in [0.2, 0.25) is 0 Å². The van der Waals surface area contributed by atoms with Crippen molar-refractivity contribution >= 4 is 22.3 Å². The lowest BCUT2D eigenvalue weighted by Crippen LogP contribution is -2.05. The Balaban J connectivity index is 1.89. The summed E-state index contributed by atoms with van der Waals surface area (Å²) in [6.07, 6.45) is 1.77. The average molecular weight is 263 g/mol. The summed E-state index contributed by atoms with van der Waals surface area (Å²) < 4.78 is 0. The molecule has 0 aliphatic carbocycles. The molecule has 1 heterocycles. The van der Waals surface area contributed by atoms with Crippen molar-refractivity contribution in [3.8, 4) is 0 Å². The number of anilines is 2. The normalized spacial score (nSPS) is 10.7. The number of aromatic nitrogens is 1. The first kappa shape index (κ1) is 12.5. The van der Waals surface area contributed by atoms with Crippen LogP contribution in [-0.4, -0.2) is 4.98 Å². The molecule has 0 unspecified atom stereocenters. The maximum absolute atomic E-state index is 6.03. The highest BCUT2D eigenvalue weighted by molar-refractivity contribution is 5.85. The van der Waals surface area contributed by atoms with E-state index in [0.29, 0.717) is 12.2 Å². The van der Waals surface area contributed by atoms with Crippen molar-refractivity contribution in [2.24, 2.45) is 0 Å². The van der Waals surface area contributed by atoms with E-state index >= 15 is 0 Å². The Labute approximate surface area is 118 Å². The fourth-order valence-electron chi connectivity index (χ4n) is 2.34. The van der Waals surface area contributed by atoms with Crippen molar-refractivity contribution in [2.75, 3.05) is 11.1 Å². The largest absolute Gasteiger partial charge is 0.396 e. The Morgan fingerprint density at radius 2 is 1.85 bits per heavy atom. The molecule has 0 saturated carbocycles. The molecule has 0 radical (unpaired) electrons. The highest BCUT2D eigenvalue weighted by Gasteiger charge is 2.04. The third kappa shape index (κ3) is 2.30. The van der Waals surface area contributed by atoms with E-state index in [1.54, 1.807) is 6.20 Å². The van der Waals surface area contributed by atoms with Crippen LogP contribution in [0.3, 0.4) is 0 Å². The molecule has 3 heteroatoms. The molecular formula is C17H17N3. The van der Waals surface area contributed by atoms with Gasteiger partial charge in [-0.1, -0.05) is 42.5 Å². The van der Waals surface area contributed by atoms with Crippen LogP contribution in [-0.2, 0) is 6.54 Å². The monoisotopic (exact) mass is 263 g/mol. The van der Waals surface area contributed by atoms with Gasteiger partial charge in [-0.05, 0) is 34.9 Å². The van der Waals surface area contributed by atoms with E-state index in [2.05, 4.69) is 52.8 Å². The van der Waals surface area contributed by atoms with Crippen LogP contribution >= 0.6 is 0 Å². The molecule has 0 atom stereocenters. The van der Waals surface area contributed by atoms with Gasteiger partial charge in [-0.25, -0.2) is 4.98 Å². The van der Waals surface area contributed by atoms with E-state index in [1.807, 2.05) is 13.0 Å². The Morgan fingerprint density at radius 1 is 1.05 bits per heavy atom. The zero-order valence-corrected chi connectivity index (χ0v) is 11.4. The summed E-state index contributed by atoms with van der Waals surface area (Å²) in [6.45, 7) is 2.70. The summed E-state index contributed by atoms with van der Waals surface area (Å²) in [5, 5.41) is 5.83. The number of nitrogens with two attached hydrogens (primary N) is 1. The van der Waals surface area contributed by atoms with E-state index in [1.165, 1.54) is 16.3 Å². The van der Waals surface area contributed by atoms with Gasteiger partial charge in [0.25, 0.3) is 0 Å². The van der Waals surface area contributed by atoms with Crippen LogP contribution in [0.25, 0.3) is 10.8 Å². The third-order valence-corrected chi connectivity index (χ3v) is 3.53. The van der Waals surface area contributed by atoms with E-state index in [-0.39, 0.29) is 0 Å². The predicted octanol–water partition coefficient (Wildman–Crippen LogP) is 3.74. The van der Waals surface area contributed by atoms with Gasteiger partial charge in [0.05, 0.1) is 5.69 Å². The first-order chi connectivity index (χ1) is 9.75. The minimum absolute atomic E-state index is 0.710. The zero-order chi connectivity index (χ0) is 13.9. The van der Waals surface area contributed by atoms with Crippen LogP contribution in [0, 0.1) is 6.92 Å². The van der Waals surface area contributed by atoms with Gasteiger partial charge in [0.2, 0.25) is 0 Å². The van der Waals surface area contributed by atoms with Crippen LogP contribution < -0.4 is 11.1 Å². The number of nitrogens with zero attached hydrogens (tertiary/aromatic N) is 1. The van der Waals surface area contributed by atoms with E-state index < -0.39 is 0 Å². The van der Waals surface area contributed by atoms with Gasteiger partial charge in [-0.15, -0.1) is 0 Å². The van der Waals surface area contributed by atoms with Crippen molar-refractivity contribution in [3.05, 3.63) is 65.9 Å². The minimum atomic E-state index is 0.710. The van der Waals surface area contributed by atoms with Crippen LogP contribution in [0.1, 0.15) is 11.1 Å². The van der Waals surface area contributed by atoms with Gasteiger partial charge in [-0.2, -0.15) is 0 Å². The maximum atomic E-state index is 6.03. The second kappa shape index (κ2) is 5.21. The molecule has 0 fully saturated rings. The number of benzene rings is 2. The molecule has 0 amide bonds. The number of rotatable bonds is 3. The Bertz CT molecular complexity index is 745. The summed E-state index contributed by atoms with van der Waals surface area (Å²) in [4.78, 5) is 4.30. The van der Waals surface area contributed by atoms with Crippen LogP contribution in [0.4, 0.5) is 11.5 Å². The first-order valence-electron chi connectivity index (χ1n) is 6.67. The molecule has 1 aromatic heterocycles. The number of pyridine rings is 1. The summed E-state index contributed by atoms with van der Waals surface area (Å²) in [5.41, 5.74) is 9.03. The summed E-state index contributed by atoms with van der Waals surface area (Å²) >= 11 is 0. The fourth-order valence-corrected chi connectivity index (χ4v) is 2.34. The van der Waals surface area contributed by atoms with Gasteiger partial charge in [-0.3, -0.25) is 0 Å². The summed E-state index contributed by atoms with van der Waals surface area (Å²) in [5.74, 6) is 0.748. The molecule has 0 aliphatic heterocycles. The van der Waals surface area contributed by atoms with Crippen LogP contribution in [0.5, 0.6) is 0 Å². The molecule has 20 heavy (non-hydrogen) atoms. The zero-order valence-electron chi connectivity index (χ0n) is 11.4. The molecule has 0 bridgehead atoms. The van der Waals surface area contributed by atoms with Gasteiger partial charge >= 0.3 is 0 Å². The van der Waals surface area contributed by atoms with E-state index in [9.17, 15) is 0 Å². The van der Waals surface area contributed by atoms with Crippen LogP contribution in [0.15, 0.2) is 54.7 Å².